The standard InChI is InChI=1S/C9H15NO/c1-2-11-9-5-3-4-8(6-9)7-10/h4,6H,2-3,5,7,10H2,1H3. The molecule has 0 fully saturated rings. The van der Waals surface area contributed by atoms with Crippen LogP contribution in [0.5, 0.6) is 0 Å². The van der Waals surface area contributed by atoms with Crippen molar-refractivity contribution in [1.29, 1.82) is 0 Å². The Morgan fingerprint density at radius 1 is 1.64 bits per heavy atom. The second-order valence-electron chi connectivity index (χ2n) is 2.57. The van der Waals surface area contributed by atoms with Crippen molar-refractivity contribution in [3.05, 3.63) is 23.5 Å². The fourth-order valence-corrected chi connectivity index (χ4v) is 1.18. The quantitative estimate of drug-likeness (QED) is 0.668. The molecule has 0 heterocycles. The average molecular weight is 153 g/mol. The largest absolute Gasteiger partial charge is 0.498 e. The first-order valence-electron chi connectivity index (χ1n) is 4.09. The van der Waals surface area contributed by atoms with Gasteiger partial charge in [-0.1, -0.05) is 6.08 Å². The number of hydrogen-bond acceptors (Lipinski definition) is 2. The molecule has 11 heavy (non-hydrogen) atoms. The Hall–Kier alpha value is -0.760. The fourth-order valence-electron chi connectivity index (χ4n) is 1.18. The Morgan fingerprint density at radius 2 is 2.45 bits per heavy atom. The summed E-state index contributed by atoms with van der Waals surface area (Å²) in [6, 6.07) is 0. The Balaban J connectivity index is 2.53. The molecule has 0 aromatic heterocycles. The summed E-state index contributed by atoms with van der Waals surface area (Å²) in [5, 5.41) is 0. The van der Waals surface area contributed by atoms with Crippen LogP contribution >= 0.6 is 0 Å². The first kappa shape index (κ1) is 8.34. The molecule has 0 aromatic rings. The molecule has 1 rings (SSSR count). The van der Waals surface area contributed by atoms with E-state index in [0.717, 1.165) is 25.2 Å². The zero-order valence-corrected chi connectivity index (χ0v) is 6.97. The van der Waals surface area contributed by atoms with Crippen LogP contribution in [0.1, 0.15) is 19.8 Å². The first-order chi connectivity index (χ1) is 5.36. The zero-order chi connectivity index (χ0) is 8.10. The van der Waals surface area contributed by atoms with Crippen LogP contribution in [0.4, 0.5) is 0 Å². The summed E-state index contributed by atoms with van der Waals surface area (Å²) in [5.74, 6) is 1.08. The maximum absolute atomic E-state index is 5.49. The van der Waals surface area contributed by atoms with E-state index < -0.39 is 0 Å². The average Bonchev–Trinajstić information content (AvgIpc) is 2.06. The Kier molecular flexibility index (Phi) is 3.17. The Bertz CT molecular complexity index is 182. The summed E-state index contributed by atoms with van der Waals surface area (Å²) >= 11 is 0. The van der Waals surface area contributed by atoms with Gasteiger partial charge in [0.2, 0.25) is 0 Å². The van der Waals surface area contributed by atoms with Gasteiger partial charge < -0.3 is 10.5 Å². The molecule has 2 N–H and O–H groups in total. The Morgan fingerprint density at radius 3 is 3.09 bits per heavy atom. The molecule has 0 atom stereocenters. The molecule has 0 amide bonds. The van der Waals surface area contributed by atoms with Gasteiger partial charge in [0.1, 0.15) is 0 Å². The molecule has 1 aliphatic carbocycles. The van der Waals surface area contributed by atoms with Crippen LogP contribution < -0.4 is 5.73 Å². The highest BCUT2D eigenvalue weighted by Crippen LogP contribution is 2.17. The lowest BCUT2D eigenvalue weighted by Crippen LogP contribution is -2.05. The molecule has 0 aliphatic heterocycles. The van der Waals surface area contributed by atoms with Crippen molar-refractivity contribution < 1.29 is 4.74 Å². The van der Waals surface area contributed by atoms with Gasteiger partial charge in [0.15, 0.2) is 0 Å². The van der Waals surface area contributed by atoms with Crippen LogP contribution in [-0.2, 0) is 4.74 Å². The molecular weight excluding hydrogens is 138 g/mol. The van der Waals surface area contributed by atoms with E-state index in [2.05, 4.69) is 6.08 Å². The van der Waals surface area contributed by atoms with Crippen molar-refractivity contribution in [3.63, 3.8) is 0 Å². The second kappa shape index (κ2) is 4.19. The summed E-state index contributed by atoms with van der Waals surface area (Å²) in [6.07, 6.45) is 6.31. The lowest BCUT2D eigenvalue weighted by atomic mass is 10.1. The van der Waals surface area contributed by atoms with E-state index in [4.69, 9.17) is 10.5 Å². The van der Waals surface area contributed by atoms with Crippen molar-refractivity contribution in [1.82, 2.24) is 0 Å². The highest BCUT2D eigenvalue weighted by Gasteiger charge is 2.03. The number of nitrogens with two attached hydrogens (primary N) is 1. The van der Waals surface area contributed by atoms with Gasteiger partial charge in [-0.15, -0.1) is 0 Å². The minimum Gasteiger partial charge on any atom is -0.498 e. The molecule has 0 saturated heterocycles. The fraction of sp³-hybridized carbons (Fsp3) is 0.556. The maximum atomic E-state index is 5.49. The minimum absolute atomic E-state index is 0.622. The molecular formula is C9H15NO. The molecule has 0 saturated carbocycles. The van der Waals surface area contributed by atoms with Gasteiger partial charge in [-0.25, -0.2) is 0 Å². The number of rotatable bonds is 3. The van der Waals surface area contributed by atoms with Gasteiger partial charge in [0, 0.05) is 13.0 Å². The third-order valence-electron chi connectivity index (χ3n) is 1.71. The molecule has 0 bridgehead atoms. The van der Waals surface area contributed by atoms with Crippen LogP contribution in [0.25, 0.3) is 0 Å². The van der Waals surface area contributed by atoms with Crippen LogP contribution in [0.2, 0.25) is 0 Å². The van der Waals surface area contributed by atoms with Crippen LogP contribution in [-0.4, -0.2) is 13.2 Å². The smallest absolute Gasteiger partial charge is 0.0965 e. The molecule has 2 heteroatoms. The van der Waals surface area contributed by atoms with Crippen LogP contribution in [0.15, 0.2) is 23.5 Å². The molecule has 2 nitrogen and oxygen atoms in total. The Labute approximate surface area is 67.7 Å². The van der Waals surface area contributed by atoms with Crippen molar-refractivity contribution in [2.45, 2.75) is 19.8 Å². The van der Waals surface area contributed by atoms with E-state index in [0.29, 0.717) is 6.54 Å². The molecule has 0 unspecified atom stereocenters. The summed E-state index contributed by atoms with van der Waals surface area (Å²) in [4.78, 5) is 0. The zero-order valence-electron chi connectivity index (χ0n) is 6.97. The minimum atomic E-state index is 0.622. The topological polar surface area (TPSA) is 35.2 Å². The van der Waals surface area contributed by atoms with Crippen molar-refractivity contribution in [2.75, 3.05) is 13.2 Å². The van der Waals surface area contributed by atoms with E-state index in [-0.39, 0.29) is 0 Å². The van der Waals surface area contributed by atoms with E-state index >= 15 is 0 Å². The van der Waals surface area contributed by atoms with Gasteiger partial charge in [-0.3, -0.25) is 0 Å². The van der Waals surface area contributed by atoms with Gasteiger partial charge in [-0.2, -0.15) is 0 Å². The lowest BCUT2D eigenvalue weighted by molar-refractivity contribution is 0.217. The van der Waals surface area contributed by atoms with Crippen molar-refractivity contribution in [2.24, 2.45) is 5.73 Å². The lowest BCUT2D eigenvalue weighted by Gasteiger charge is -2.12. The molecule has 0 radical (unpaired) electrons. The van der Waals surface area contributed by atoms with Crippen molar-refractivity contribution >= 4 is 0 Å². The molecule has 0 spiro atoms. The number of ether oxygens (including phenoxy) is 1. The summed E-state index contributed by atoms with van der Waals surface area (Å²) in [7, 11) is 0. The van der Waals surface area contributed by atoms with Gasteiger partial charge in [0.25, 0.3) is 0 Å². The first-order valence-corrected chi connectivity index (χ1v) is 4.09. The van der Waals surface area contributed by atoms with Crippen molar-refractivity contribution in [3.8, 4) is 0 Å². The maximum Gasteiger partial charge on any atom is 0.0965 e. The van der Waals surface area contributed by atoms with Gasteiger partial charge >= 0.3 is 0 Å². The molecule has 62 valence electrons. The molecule has 1 aliphatic rings. The van der Waals surface area contributed by atoms with Gasteiger partial charge in [0.05, 0.1) is 12.4 Å². The second-order valence-corrected chi connectivity index (χ2v) is 2.57. The third-order valence-corrected chi connectivity index (χ3v) is 1.71. The van der Waals surface area contributed by atoms with Gasteiger partial charge in [-0.05, 0) is 25.0 Å². The van der Waals surface area contributed by atoms with Crippen LogP contribution in [0.3, 0.4) is 0 Å². The summed E-state index contributed by atoms with van der Waals surface area (Å²) in [6.45, 7) is 3.38. The summed E-state index contributed by atoms with van der Waals surface area (Å²) < 4.78 is 5.38. The van der Waals surface area contributed by atoms with Crippen LogP contribution in [0, 0.1) is 0 Å². The highest BCUT2D eigenvalue weighted by atomic mass is 16.5. The monoisotopic (exact) mass is 153 g/mol. The summed E-state index contributed by atoms with van der Waals surface area (Å²) in [5.41, 5.74) is 6.69. The predicted octanol–water partition coefficient (Wildman–Crippen LogP) is 1.59. The van der Waals surface area contributed by atoms with E-state index in [1.807, 2.05) is 13.0 Å². The van der Waals surface area contributed by atoms with E-state index in [1.54, 1.807) is 0 Å². The normalized spacial score (nSPS) is 17.3. The third kappa shape index (κ3) is 2.39. The predicted molar refractivity (Wildman–Crippen MR) is 46.1 cm³/mol. The highest BCUT2D eigenvalue weighted by molar-refractivity contribution is 5.26. The molecule has 0 aromatic carbocycles. The SMILES string of the molecule is CCOC1=CC(CN)=CCC1. The van der Waals surface area contributed by atoms with E-state index in [9.17, 15) is 0 Å². The number of hydrogen-bond donors (Lipinski definition) is 1. The van der Waals surface area contributed by atoms with E-state index in [1.165, 1.54) is 5.57 Å². The number of allylic oxidation sites excluding steroid dienone is 2.